The van der Waals surface area contributed by atoms with E-state index < -0.39 is 0 Å². The highest BCUT2D eigenvalue weighted by molar-refractivity contribution is 5.97. The second-order valence-electron chi connectivity index (χ2n) is 7.25. The summed E-state index contributed by atoms with van der Waals surface area (Å²) >= 11 is 0. The Kier molecular flexibility index (Phi) is 6.93. The van der Waals surface area contributed by atoms with Crippen LogP contribution in [0, 0.1) is 5.92 Å². The Morgan fingerprint density at radius 3 is 2.11 bits per heavy atom. The standard InChI is InChI=1S/C23H29NO4/c1-26-21-14-19(15-22(27-2)23(21)28-3)20(25)13-17-9-11-24(12-10-17)16-18-7-5-4-6-8-18/h4-8,14-15,17H,9-13,16H2,1-3H3. The zero-order chi connectivity index (χ0) is 19.9. The van der Waals surface area contributed by atoms with Crippen LogP contribution in [0.15, 0.2) is 42.5 Å². The summed E-state index contributed by atoms with van der Waals surface area (Å²) in [6.45, 7) is 3.04. The Morgan fingerprint density at radius 2 is 1.57 bits per heavy atom. The minimum atomic E-state index is 0.126. The number of hydrogen-bond donors (Lipinski definition) is 0. The van der Waals surface area contributed by atoms with E-state index in [0.717, 1.165) is 32.5 Å². The molecule has 1 aliphatic heterocycles. The van der Waals surface area contributed by atoms with Crippen LogP contribution in [-0.2, 0) is 6.54 Å². The van der Waals surface area contributed by atoms with E-state index in [-0.39, 0.29) is 5.78 Å². The molecule has 3 rings (SSSR count). The minimum Gasteiger partial charge on any atom is -0.493 e. The van der Waals surface area contributed by atoms with E-state index in [0.29, 0.717) is 35.2 Å². The van der Waals surface area contributed by atoms with E-state index >= 15 is 0 Å². The zero-order valence-electron chi connectivity index (χ0n) is 16.9. The number of benzene rings is 2. The molecule has 28 heavy (non-hydrogen) atoms. The van der Waals surface area contributed by atoms with E-state index in [4.69, 9.17) is 14.2 Å². The summed E-state index contributed by atoms with van der Waals surface area (Å²) in [6, 6.07) is 14.0. The van der Waals surface area contributed by atoms with Crippen molar-refractivity contribution < 1.29 is 19.0 Å². The number of carbonyl (C=O) groups is 1. The van der Waals surface area contributed by atoms with Crippen molar-refractivity contribution in [1.82, 2.24) is 4.90 Å². The second kappa shape index (κ2) is 9.60. The van der Waals surface area contributed by atoms with Gasteiger partial charge in [0.2, 0.25) is 5.75 Å². The third kappa shape index (κ3) is 4.84. The maximum Gasteiger partial charge on any atom is 0.203 e. The normalized spacial score (nSPS) is 15.2. The topological polar surface area (TPSA) is 48.0 Å². The Labute approximate surface area is 167 Å². The highest BCUT2D eigenvalue weighted by Crippen LogP contribution is 2.38. The van der Waals surface area contributed by atoms with Crippen molar-refractivity contribution in [2.75, 3.05) is 34.4 Å². The van der Waals surface area contributed by atoms with Gasteiger partial charge in [-0.05, 0) is 49.5 Å². The molecule has 0 aromatic heterocycles. The van der Waals surface area contributed by atoms with Crippen molar-refractivity contribution in [1.29, 1.82) is 0 Å². The van der Waals surface area contributed by atoms with Crippen molar-refractivity contribution >= 4 is 5.78 Å². The fourth-order valence-electron chi connectivity index (χ4n) is 3.81. The van der Waals surface area contributed by atoms with Crippen LogP contribution >= 0.6 is 0 Å². The first-order valence-electron chi connectivity index (χ1n) is 9.74. The van der Waals surface area contributed by atoms with Crippen molar-refractivity contribution in [3.05, 3.63) is 53.6 Å². The molecule has 1 fully saturated rings. The molecule has 5 heteroatoms. The molecule has 0 aliphatic carbocycles. The van der Waals surface area contributed by atoms with Gasteiger partial charge in [0, 0.05) is 18.5 Å². The molecular formula is C23H29NO4. The van der Waals surface area contributed by atoms with E-state index in [1.165, 1.54) is 5.56 Å². The maximum atomic E-state index is 12.9. The van der Waals surface area contributed by atoms with Gasteiger partial charge in [0.05, 0.1) is 21.3 Å². The molecule has 2 aromatic carbocycles. The number of hydrogen-bond acceptors (Lipinski definition) is 5. The first-order valence-corrected chi connectivity index (χ1v) is 9.74. The molecule has 5 nitrogen and oxygen atoms in total. The first kappa shape index (κ1) is 20.2. The minimum absolute atomic E-state index is 0.126. The van der Waals surface area contributed by atoms with E-state index in [1.54, 1.807) is 33.5 Å². The lowest BCUT2D eigenvalue weighted by Crippen LogP contribution is -2.33. The van der Waals surface area contributed by atoms with Crippen LogP contribution < -0.4 is 14.2 Å². The monoisotopic (exact) mass is 383 g/mol. The van der Waals surface area contributed by atoms with Crippen LogP contribution in [0.4, 0.5) is 0 Å². The average Bonchev–Trinajstić information content (AvgIpc) is 2.74. The Morgan fingerprint density at radius 1 is 0.964 bits per heavy atom. The smallest absolute Gasteiger partial charge is 0.203 e. The van der Waals surface area contributed by atoms with Crippen LogP contribution in [0.25, 0.3) is 0 Å². The lowest BCUT2D eigenvalue weighted by atomic mass is 9.89. The number of piperidine rings is 1. The van der Waals surface area contributed by atoms with Gasteiger partial charge in [-0.1, -0.05) is 30.3 Å². The summed E-state index contributed by atoms with van der Waals surface area (Å²) in [5, 5.41) is 0. The maximum absolute atomic E-state index is 12.9. The number of methoxy groups -OCH3 is 3. The predicted octanol–water partition coefficient (Wildman–Crippen LogP) is 4.20. The molecule has 2 aromatic rings. The number of nitrogens with zero attached hydrogens (tertiary/aromatic N) is 1. The average molecular weight is 383 g/mol. The molecule has 1 aliphatic rings. The van der Waals surface area contributed by atoms with Crippen LogP contribution in [0.3, 0.4) is 0 Å². The van der Waals surface area contributed by atoms with Crippen molar-refractivity contribution in [2.45, 2.75) is 25.8 Å². The van der Waals surface area contributed by atoms with Gasteiger partial charge >= 0.3 is 0 Å². The molecule has 0 bridgehead atoms. The van der Waals surface area contributed by atoms with Crippen molar-refractivity contribution in [3.8, 4) is 17.2 Å². The Balaban J connectivity index is 1.58. The van der Waals surface area contributed by atoms with Gasteiger partial charge < -0.3 is 14.2 Å². The third-order valence-electron chi connectivity index (χ3n) is 5.42. The summed E-state index contributed by atoms with van der Waals surface area (Å²) in [5.41, 5.74) is 1.95. The molecule has 0 saturated carbocycles. The van der Waals surface area contributed by atoms with Crippen molar-refractivity contribution in [2.24, 2.45) is 5.92 Å². The largest absolute Gasteiger partial charge is 0.493 e. The second-order valence-corrected chi connectivity index (χ2v) is 7.25. The third-order valence-corrected chi connectivity index (χ3v) is 5.42. The van der Waals surface area contributed by atoms with Gasteiger partial charge in [0.15, 0.2) is 17.3 Å². The molecule has 0 unspecified atom stereocenters. The highest BCUT2D eigenvalue weighted by atomic mass is 16.5. The quantitative estimate of drug-likeness (QED) is 0.640. The number of rotatable bonds is 8. The number of ketones is 1. The molecular weight excluding hydrogens is 354 g/mol. The van der Waals surface area contributed by atoms with E-state index in [2.05, 4.69) is 29.2 Å². The van der Waals surface area contributed by atoms with Gasteiger partial charge in [-0.25, -0.2) is 0 Å². The van der Waals surface area contributed by atoms with Crippen LogP contribution in [0.1, 0.15) is 35.2 Å². The van der Waals surface area contributed by atoms with E-state index in [1.807, 2.05) is 6.07 Å². The molecule has 0 atom stereocenters. The molecule has 150 valence electrons. The highest BCUT2D eigenvalue weighted by Gasteiger charge is 2.24. The molecule has 1 heterocycles. The van der Waals surface area contributed by atoms with Gasteiger partial charge in [-0.3, -0.25) is 9.69 Å². The molecule has 0 amide bonds. The van der Waals surface area contributed by atoms with E-state index in [9.17, 15) is 4.79 Å². The summed E-state index contributed by atoms with van der Waals surface area (Å²) in [6.07, 6.45) is 2.64. The SMILES string of the molecule is COc1cc(C(=O)CC2CCN(Cc3ccccc3)CC2)cc(OC)c1OC. The predicted molar refractivity (Wildman–Crippen MR) is 109 cm³/mol. The Hall–Kier alpha value is -2.53. The fraction of sp³-hybridized carbons (Fsp3) is 0.435. The van der Waals surface area contributed by atoms with Gasteiger partial charge in [-0.2, -0.15) is 0 Å². The number of likely N-dealkylation sites (tertiary alicyclic amines) is 1. The molecule has 0 radical (unpaired) electrons. The zero-order valence-corrected chi connectivity index (χ0v) is 16.9. The van der Waals surface area contributed by atoms with Gasteiger partial charge in [0.25, 0.3) is 0 Å². The van der Waals surface area contributed by atoms with Crippen molar-refractivity contribution in [3.63, 3.8) is 0 Å². The Bertz CT molecular complexity index is 757. The summed E-state index contributed by atoms with van der Waals surface area (Å²) in [5.74, 6) is 2.08. The molecule has 1 saturated heterocycles. The van der Waals surface area contributed by atoms with Gasteiger partial charge in [-0.15, -0.1) is 0 Å². The van der Waals surface area contributed by atoms with Crippen LogP contribution in [0.5, 0.6) is 17.2 Å². The molecule has 0 spiro atoms. The molecule has 0 N–H and O–H groups in total. The number of Topliss-reactive ketones (excluding diaryl/α,β-unsaturated/α-hetero) is 1. The number of ether oxygens (including phenoxy) is 3. The summed E-state index contributed by atoms with van der Waals surface area (Å²) in [4.78, 5) is 15.3. The first-order chi connectivity index (χ1) is 13.6. The van der Waals surface area contributed by atoms with Crippen LogP contribution in [-0.4, -0.2) is 45.1 Å². The van der Waals surface area contributed by atoms with Gasteiger partial charge in [0.1, 0.15) is 0 Å². The summed E-state index contributed by atoms with van der Waals surface area (Å²) in [7, 11) is 4.69. The fourth-order valence-corrected chi connectivity index (χ4v) is 3.81. The summed E-state index contributed by atoms with van der Waals surface area (Å²) < 4.78 is 16.1. The lowest BCUT2D eigenvalue weighted by Gasteiger charge is -2.31. The van der Waals surface area contributed by atoms with Crippen LogP contribution in [0.2, 0.25) is 0 Å². The number of carbonyl (C=O) groups excluding carboxylic acids is 1. The lowest BCUT2D eigenvalue weighted by molar-refractivity contribution is 0.0924.